The molecule has 2 aromatic carbocycles. The summed E-state index contributed by atoms with van der Waals surface area (Å²) >= 11 is 0. The second-order valence-electron chi connectivity index (χ2n) is 10.1. The number of fused-ring (bicyclic) bond motifs is 4. The highest BCUT2D eigenvalue weighted by atomic mass is 19.1. The highest BCUT2D eigenvalue weighted by molar-refractivity contribution is 6.04. The normalized spacial score (nSPS) is 24.3. The molecule has 0 bridgehead atoms. The molecule has 0 radical (unpaired) electrons. The first kappa shape index (κ1) is 20.6. The van der Waals surface area contributed by atoms with Crippen LogP contribution in [0.25, 0.3) is 11.8 Å². The molecule has 35 heavy (non-hydrogen) atoms. The van der Waals surface area contributed by atoms with Crippen molar-refractivity contribution in [2.75, 3.05) is 25.5 Å². The zero-order valence-electron chi connectivity index (χ0n) is 19.7. The number of benzene rings is 2. The number of halogens is 1. The summed E-state index contributed by atoms with van der Waals surface area (Å²) < 4.78 is 21.6. The van der Waals surface area contributed by atoms with E-state index in [1.807, 2.05) is 23.8 Å². The lowest BCUT2D eigenvalue weighted by Gasteiger charge is -2.40. The molecule has 1 unspecified atom stereocenters. The maximum Gasteiger partial charge on any atom is 0.256 e. The molecular weight excluding hydrogens is 445 g/mol. The Balaban J connectivity index is 1.26. The number of piperidine rings is 1. The Bertz CT molecular complexity index is 1420. The van der Waals surface area contributed by atoms with Gasteiger partial charge in [-0.3, -0.25) is 0 Å². The molecule has 7 nitrogen and oxygen atoms in total. The predicted molar refractivity (Wildman–Crippen MR) is 131 cm³/mol. The summed E-state index contributed by atoms with van der Waals surface area (Å²) in [5.74, 6) is 1.39. The van der Waals surface area contributed by atoms with Gasteiger partial charge in [-0.2, -0.15) is 0 Å². The predicted octanol–water partition coefficient (Wildman–Crippen LogP) is 4.82. The molecule has 0 amide bonds. The average Bonchev–Trinajstić information content (AvgIpc) is 3.17. The molecular formula is C27H26FN5O2. The molecule has 4 aliphatic rings. The number of hydrogen-bond acceptors (Lipinski definition) is 6. The van der Waals surface area contributed by atoms with Gasteiger partial charge in [0.2, 0.25) is 0 Å². The summed E-state index contributed by atoms with van der Waals surface area (Å²) in [6, 6.07) is 11.1. The first-order chi connectivity index (χ1) is 17.0. The van der Waals surface area contributed by atoms with Crippen molar-refractivity contribution in [1.29, 1.82) is 0 Å². The van der Waals surface area contributed by atoms with Gasteiger partial charge in [0, 0.05) is 24.0 Å². The van der Waals surface area contributed by atoms with Gasteiger partial charge in [0.1, 0.15) is 11.6 Å². The van der Waals surface area contributed by atoms with Gasteiger partial charge < -0.3 is 24.4 Å². The number of imidazole rings is 1. The SMILES string of the molecule is COc1cc(C=C2CC3(CC3)CN3C2=NOC32CNc3cc(F)ccc32)ccc1-n1cnc(C)c1. The van der Waals surface area contributed by atoms with E-state index in [9.17, 15) is 4.39 Å². The van der Waals surface area contributed by atoms with E-state index in [1.165, 1.54) is 25.0 Å². The van der Waals surface area contributed by atoms with Crippen molar-refractivity contribution in [1.82, 2.24) is 14.5 Å². The molecule has 1 saturated carbocycles. The molecule has 7 rings (SSSR count). The Morgan fingerprint density at radius 2 is 2.09 bits per heavy atom. The number of anilines is 1. The second-order valence-corrected chi connectivity index (χ2v) is 10.1. The van der Waals surface area contributed by atoms with E-state index in [4.69, 9.17) is 9.57 Å². The molecule has 1 aromatic heterocycles. The van der Waals surface area contributed by atoms with Crippen LogP contribution in [0.4, 0.5) is 10.1 Å². The van der Waals surface area contributed by atoms with Gasteiger partial charge in [0.05, 0.1) is 31.4 Å². The minimum atomic E-state index is -0.728. The van der Waals surface area contributed by atoms with Gasteiger partial charge in [-0.1, -0.05) is 11.2 Å². The lowest BCUT2D eigenvalue weighted by atomic mass is 9.86. The van der Waals surface area contributed by atoms with Crippen molar-refractivity contribution in [3.8, 4) is 11.4 Å². The lowest BCUT2D eigenvalue weighted by molar-refractivity contribution is -0.0957. The Kier molecular flexibility index (Phi) is 4.17. The van der Waals surface area contributed by atoms with Gasteiger partial charge in [0.25, 0.3) is 5.72 Å². The number of oxime groups is 1. The smallest absolute Gasteiger partial charge is 0.256 e. The molecule has 3 aliphatic heterocycles. The number of aryl methyl sites for hydroxylation is 1. The molecule has 1 aliphatic carbocycles. The average molecular weight is 472 g/mol. The van der Waals surface area contributed by atoms with Crippen LogP contribution in [0.3, 0.4) is 0 Å². The number of nitrogens with one attached hydrogen (secondary N) is 1. The molecule has 2 spiro atoms. The Morgan fingerprint density at radius 3 is 2.86 bits per heavy atom. The van der Waals surface area contributed by atoms with E-state index >= 15 is 0 Å². The topological polar surface area (TPSA) is 63.9 Å². The molecule has 1 saturated heterocycles. The third-order valence-corrected chi connectivity index (χ3v) is 7.73. The fourth-order valence-corrected chi connectivity index (χ4v) is 5.71. The van der Waals surface area contributed by atoms with Gasteiger partial charge in [-0.05, 0) is 79.1 Å². The highest BCUT2D eigenvalue weighted by Crippen LogP contribution is 2.58. The van der Waals surface area contributed by atoms with Crippen molar-refractivity contribution >= 4 is 17.6 Å². The number of methoxy groups -OCH3 is 1. The van der Waals surface area contributed by atoms with Crippen molar-refractivity contribution in [2.45, 2.75) is 31.9 Å². The molecule has 3 aromatic rings. The maximum absolute atomic E-state index is 13.9. The Hall–Kier alpha value is -3.81. The summed E-state index contributed by atoms with van der Waals surface area (Å²) in [7, 11) is 1.69. The van der Waals surface area contributed by atoms with E-state index in [0.29, 0.717) is 6.54 Å². The Morgan fingerprint density at radius 1 is 1.20 bits per heavy atom. The molecule has 178 valence electrons. The van der Waals surface area contributed by atoms with Crippen LogP contribution >= 0.6 is 0 Å². The van der Waals surface area contributed by atoms with Crippen LogP contribution in [-0.2, 0) is 10.6 Å². The van der Waals surface area contributed by atoms with E-state index < -0.39 is 5.72 Å². The number of amidine groups is 1. The van der Waals surface area contributed by atoms with Gasteiger partial charge in [0.15, 0.2) is 5.84 Å². The van der Waals surface area contributed by atoms with Crippen LogP contribution in [0.1, 0.15) is 36.1 Å². The number of rotatable bonds is 3. The first-order valence-corrected chi connectivity index (χ1v) is 12.0. The van der Waals surface area contributed by atoms with E-state index in [2.05, 4.69) is 44.6 Å². The van der Waals surface area contributed by atoms with E-state index in [-0.39, 0.29) is 11.2 Å². The fraction of sp³-hybridized carbons (Fsp3) is 0.333. The minimum Gasteiger partial charge on any atom is -0.495 e. The molecule has 1 atom stereocenters. The number of nitrogens with zero attached hydrogens (tertiary/aromatic N) is 4. The summed E-state index contributed by atoms with van der Waals surface area (Å²) in [6.07, 6.45) is 9.33. The van der Waals surface area contributed by atoms with Crippen LogP contribution in [0, 0.1) is 18.2 Å². The summed E-state index contributed by atoms with van der Waals surface area (Å²) in [4.78, 5) is 12.8. The van der Waals surface area contributed by atoms with Gasteiger partial charge >= 0.3 is 0 Å². The molecule has 1 N–H and O–H groups in total. The minimum absolute atomic E-state index is 0.243. The third kappa shape index (κ3) is 3.08. The van der Waals surface area contributed by atoms with Crippen LogP contribution in [0.5, 0.6) is 5.75 Å². The fourth-order valence-electron chi connectivity index (χ4n) is 5.71. The number of ether oxygens (including phenoxy) is 1. The van der Waals surface area contributed by atoms with Gasteiger partial charge in [-0.25, -0.2) is 9.37 Å². The van der Waals surface area contributed by atoms with Crippen molar-refractivity contribution in [3.05, 3.63) is 77.1 Å². The molecule has 4 heterocycles. The quantitative estimate of drug-likeness (QED) is 0.594. The highest BCUT2D eigenvalue weighted by Gasteiger charge is 2.59. The summed E-state index contributed by atoms with van der Waals surface area (Å²) in [5.41, 5.74) is 5.34. The monoisotopic (exact) mass is 471 g/mol. The number of hydrogen-bond donors (Lipinski definition) is 1. The molecule has 8 heteroatoms. The van der Waals surface area contributed by atoms with Crippen molar-refractivity contribution < 1.29 is 14.0 Å². The van der Waals surface area contributed by atoms with Crippen LogP contribution in [-0.4, -0.2) is 40.5 Å². The maximum atomic E-state index is 13.9. The molecule has 2 fully saturated rings. The van der Waals surface area contributed by atoms with Crippen molar-refractivity contribution in [3.63, 3.8) is 0 Å². The lowest BCUT2D eigenvalue weighted by Crippen LogP contribution is -2.52. The summed E-state index contributed by atoms with van der Waals surface area (Å²) in [5, 5.41) is 7.93. The zero-order chi connectivity index (χ0) is 23.8. The third-order valence-electron chi connectivity index (χ3n) is 7.73. The van der Waals surface area contributed by atoms with E-state index in [0.717, 1.165) is 58.3 Å². The van der Waals surface area contributed by atoms with Gasteiger partial charge in [-0.15, -0.1) is 0 Å². The number of aromatic nitrogens is 2. The van der Waals surface area contributed by atoms with Crippen LogP contribution < -0.4 is 10.1 Å². The second kappa shape index (κ2) is 7.10. The largest absolute Gasteiger partial charge is 0.495 e. The van der Waals surface area contributed by atoms with Crippen LogP contribution in [0.15, 0.2) is 59.7 Å². The van der Waals surface area contributed by atoms with Crippen molar-refractivity contribution in [2.24, 2.45) is 10.6 Å². The zero-order valence-corrected chi connectivity index (χ0v) is 19.7. The summed E-state index contributed by atoms with van der Waals surface area (Å²) in [6.45, 7) is 3.40. The Labute approximate surface area is 202 Å². The standard InChI is InChI=1S/C27H26FN5O2/c1-17-13-32(16-30-17)23-6-3-18(10-24(23)34-2)9-19-12-26(7-8-26)15-33-25(19)31-35-27(33)14-29-22-11-20(28)4-5-21(22)27/h3-6,9-11,13,16,29H,7-8,12,14-15H2,1-2H3. The first-order valence-electron chi connectivity index (χ1n) is 12.0. The van der Waals surface area contributed by atoms with Crippen LogP contribution in [0.2, 0.25) is 0 Å². The van der Waals surface area contributed by atoms with E-state index in [1.54, 1.807) is 13.4 Å².